The minimum Gasteiger partial charge on any atom is -0.465 e. The van der Waals surface area contributed by atoms with Crippen molar-refractivity contribution in [3.8, 4) is 22.1 Å². The van der Waals surface area contributed by atoms with Gasteiger partial charge in [-0.2, -0.15) is 9.36 Å². The first-order valence-electron chi connectivity index (χ1n) is 8.20. The van der Waals surface area contributed by atoms with Gasteiger partial charge in [0.25, 0.3) is 5.19 Å². The van der Waals surface area contributed by atoms with E-state index < -0.39 is 0 Å². The molecule has 0 radical (unpaired) electrons. The molecule has 3 aromatic heterocycles. The predicted molar refractivity (Wildman–Crippen MR) is 101 cm³/mol. The molecule has 136 valence electrons. The van der Waals surface area contributed by atoms with Crippen molar-refractivity contribution < 1.29 is 4.74 Å². The molecule has 3 heterocycles. The second-order valence-electron chi connectivity index (χ2n) is 5.90. The van der Waals surface area contributed by atoms with Crippen LogP contribution in [0.25, 0.3) is 16.9 Å². The minimum atomic E-state index is -0.310. The SMILES string of the molecule is Cc1cccc(-n2nnn(C)c2=O)c1COc1nc(-c2cccnc2)cs1. The van der Waals surface area contributed by atoms with Crippen LogP contribution >= 0.6 is 11.3 Å². The molecule has 8 nitrogen and oxygen atoms in total. The van der Waals surface area contributed by atoms with Crippen LogP contribution in [0.4, 0.5) is 0 Å². The Morgan fingerprint density at radius 1 is 1.19 bits per heavy atom. The second kappa shape index (κ2) is 7.12. The maximum atomic E-state index is 12.2. The Bertz CT molecular complexity index is 1130. The summed E-state index contributed by atoms with van der Waals surface area (Å²) in [5.74, 6) is 0. The second-order valence-corrected chi connectivity index (χ2v) is 6.72. The molecule has 0 N–H and O–H groups in total. The number of thiazole rings is 1. The Hall–Kier alpha value is -3.33. The monoisotopic (exact) mass is 380 g/mol. The number of aryl methyl sites for hydroxylation is 2. The molecule has 9 heteroatoms. The number of pyridine rings is 1. The van der Waals surface area contributed by atoms with Crippen LogP contribution in [0.3, 0.4) is 0 Å². The van der Waals surface area contributed by atoms with E-state index in [-0.39, 0.29) is 12.3 Å². The molecule has 4 rings (SSSR count). The van der Waals surface area contributed by atoms with Crippen LogP contribution in [0.15, 0.2) is 52.9 Å². The van der Waals surface area contributed by atoms with E-state index in [1.807, 2.05) is 42.6 Å². The van der Waals surface area contributed by atoms with Gasteiger partial charge >= 0.3 is 5.69 Å². The molecule has 0 atom stereocenters. The molecule has 0 spiro atoms. The lowest BCUT2D eigenvalue weighted by molar-refractivity contribution is 0.303. The highest BCUT2D eigenvalue weighted by molar-refractivity contribution is 7.11. The van der Waals surface area contributed by atoms with Crippen molar-refractivity contribution in [1.82, 2.24) is 29.8 Å². The lowest BCUT2D eigenvalue weighted by Crippen LogP contribution is -2.23. The van der Waals surface area contributed by atoms with Crippen LogP contribution in [0.1, 0.15) is 11.1 Å². The van der Waals surface area contributed by atoms with Crippen LogP contribution in [0.5, 0.6) is 5.19 Å². The normalized spacial score (nSPS) is 10.9. The Morgan fingerprint density at radius 3 is 2.81 bits per heavy atom. The average molecular weight is 380 g/mol. The van der Waals surface area contributed by atoms with E-state index in [0.717, 1.165) is 22.4 Å². The first-order chi connectivity index (χ1) is 13.1. The maximum Gasteiger partial charge on any atom is 0.368 e. The summed E-state index contributed by atoms with van der Waals surface area (Å²) in [4.78, 5) is 20.8. The lowest BCUT2D eigenvalue weighted by atomic mass is 10.1. The van der Waals surface area contributed by atoms with Crippen LogP contribution in [-0.2, 0) is 13.7 Å². The molecular weight excluding hydrogens is 364 g/mol. The van der Waals surface area contributed by atoms with Gasteiger partial charge in [-0.15, -0.1) is 0 Å². The van der Waals surface area contributed by atoms with Gasteiger partial charge in [-0.3, -0.25) is 4.98 Å². The zero-order valence-corrected chi connectivity index (χ0v) is 15.6. The Morgan fingerprint density at radius 2 is 2.07 bits per heavy atom. The van der Waals surface area contributed by atoms with Gasteiger partial charge in [0.05, 0.1) is 11.4 Å². The third kappa shape index (κ3) is 3.36. The van der Waals surface area contributed by atoms with Crippen molar-refractivity contribution in [2.24, 2.45) is 7.05 Å². The van der Waals surface area contributed by atoms with Crippen molar-refractivity contribution >= 4 is 11.3 Å². The van der Waals surface area contributed by atoms with E-state index in [4.69, 9.17) is 4.74 Å². The standard InChI is InChI=1S/C18H16N6O2S/c1-12-5-3-7-16(24-18(25)23(2)21-22-24)14(12)10-26-17-20-15(11-27-17)13-6-4-8-19-9-13/h3-9,11H,10H2,1-2H3. The van der Waals surface area contributed by atoms with Gasteiger partial charge in [0, 0.05) is 35.9 Å². The van der Waals surface area contributed by atoms with Gasteiger partial charge in [0.2, 0.25) is 0 Å². The van der Waals surface area contributed by atoms with Crippen molar-refractivity contribution in [2.45, 2.75) is 13.5 Å². The highest BCUT2D eigenvalue weighted by atomic mass is 32.1. The largest absolute Gasteiger partial charge is 0.465 e. The number of tetrazole rings is 1. The number of hydrogen-bond donors (Lipinski definition) is 0. The van der Waals surface area contributed by atoms with E-state index >= 15 is 0 Å². The van der Waals surface area contributed by atoms with Crippen molar-refractivity contribution in [2.75, 3.05) is 0 Å². The van der Waals surface area contributed by atoms with Crippen molar-refractivity contribution in [3.05, 3.63) is 69.7 Å². The third-order valence-electron chi connectivity index (χ3n) is 4.12. The Labute approximate surface area is 158 Å². The highest BCUT2D eigenvalue weighted by Gasteiger charge is 2.14. The number of benzene rings is 1. The predicted octanol–water partition coefficient (Wildman–Crippen LogP) is 2.37. The maximum absolute atomic E-state index is 12.2. The van der Waals surface area contributed by atoms with Gasteiger partial charge in [0.15, 0.2) is 0 Å². The summed E-state index contributed by atoms with van der Waals surface area (Å²) >= 11 is 1.42. The van der Waals surface area contributed by atoms with Crippen molar-refractivity contribution in [3.63, 3.8) is 0 Å². The summed E-state index contributed by atoms with van der Waals surface area (Å²) in [5, 5.41) is 10.2. The van der Waals surface area contributed by atoms with Gasteiger partial charge in [-0.25, -0.2) is 9.78 Å². The third-order valence-corrected chi connectivity index (χ3v) is 4.87. The molecule has 0 bridgehead atoms. The number of ether oxygens (including phenoxy) is 1. The van der Waals surface area contributed by atoms with Crippen LogP contribution < -0.4 is 10.4 Å². The molecule has 0 aliphatic heterocycles. The summed E-state index contributed by atoms with van der Waals surface area (Å²) in [6.45, 7) is 2.23. The summed E-state index contributed by atoms with van der Waals surface area (Å²) < 4.78 is 8.36. The fraction of sp³-hybridized carbons (Fsp3) is 0.167. The fourth-order valence-corrected chi connectivity index (χ4v) is 3.32. The highest BCUT2D eigenvalue weighted by Crippen LogP contribution is 2.27. The van der Waals surface area contributed by atoms with Gasteiger partial charge in [0.1, 0.15) is 6.61 Å². The fourth-order valence-electron chi connectivity index (χ4n) is 2.64. The molecule has 0 aliphatic carbocycles. The number of hydrogen-bond acceptors (Lipinski definition) is 7. The molecule has 0 saturated carbocycles. The molecule has 0 unspecified atom stereocenters. The zero-order valence-electron chi connectivity index (χ0n) is 14.7. The average Bonchev–Trinajstić information content (AvgIpc) is 3.29. The molecule has 27 heavy (non-hydrogen) atoms. The smallest absolute Gasteiger partial charge is 0.368 e. The molecule has 0 fully saturated rings. The lowest BCUT2D eigenvalue weighted by Gasteiger charge is -2.11. The first kappa shape index (κ1) is 17.1. The summed E-state index contributed by atoms with van der Waals surface area (Å²) in [6, 6.07) is 9.48. The van der Waals surface area contributed by atoms with Gasteiger partial charge in [-0.1, -0.05) is 23.5 Å². The van der Waals surface area contributed by atoms with Crippen LogP contribution in [0, 0.1) is 6.92 Å². The summed E-state index contributed by atoms with van der Waals surface area (Å²) in [7, 11) is 1.56. The Kier molecular flexibility index (Phi) is 4.51. The topological polar surface area (TPSA) is 87.7 Å². The van der Waals surface area contributed by atoms with E-state index in [9.17, 15) is 4.79 Å². The van der Waals surface area contributed by atoms with Crippen LogP contribution in [0.2, 0.25) is 0 Å². The van der Waals surface area contributed by atoms with E-state index in [1.165, 1.54) is 20.7 Å². The van der Waals surface area contributed by atoms with Gasteiger partial charge < -0.3 is 4.74 Å². The van der Waals surface area contributed by atoms with E-state index in [1.54, 1.807) is 19.4 Å². The van der Waals surface area contributed by atoms with Gasteiger partial charge in [-0.05, 0) is 41.1 Å². The van der Waals surface area contributed by atoms with Crippen LogP contribution in [-0.4, -0.2) is 29.8 Å². The zero-order chi connectivity index (χ0) is 18.8. The number of aromatic nitrogens is 6. The van der Waals surface area contributed by atoms with E-state index in [2.05, 4.69) is 20.4 Å². The molecule has 0 aliphatic rings. The first-order valence-corrected chi connectivity index (χ1v) is 9.08. The minimum absolute atomic E-state index is 0.269. The quantitative estimate of drug-likeness (QED) is 0.528. The van der Waals surface area contributed by atoms with Crippen molar-refractivity contribution in [1.29, 1.82) is 0 Å². The molecule has 0 amide bonds. The molecule has 1 aromatic carbocycles. The Balaban J connectivity index is 1.60. The summed E-state index contributed by atoms with van der Waals surface area (Å²) in [5.41, 5.74) is 3.95. The van der Waals surface area contributed by atoms with E-state index in [0.29, 0.717) is 10.9 Å². The molecule has 4 aromatic rings. The summed E-state index contributed by atoms with van der Waals surface area (Å²) in [6.07, 6.45) is 3.49. The number of nitrogens with zero attached hydrogens (tertiary/aromatic N) is 6. The number of rotatable bonds is 5. The molecule has 0 saturated heterocycles. The molecular formula is C18H16N6O2S.